The summed E-state index contributed by atoms with van der Waals surface area (Å²) in [6.07, 6.45) is 11.8. The lowest BCUT2D eigenvalue weighted by atomic mass is 9.97. The van der Waals surface area contributed by atoms with Crippen molar-refractivity contribution in [1.82, 2.24) is 10.6 Å². The van der Waals surface area contributed by atoms with Crippen LogP contribution in [0.3, 0.4) is 0 Å². The van der Waals surface area contributed by atoms with Crippen LogP contribution in [0.5, 0.6) is 0 Å². The molecule has 2 aromatic rings. The molecule has 6 nitrogen and oxygen atoms in total. The molecule has 0 unspecified atom stereocenters. The van der Waals surface area contributed by atoms with Gasteiger partial charge in [-0.25, -0.2) is 4.79 Å². The fourth-order valence-electron chi connectivity index (χ4n) is 4.86. The first-order chi connectivity index (χ1) is 18.3. The van der Waals surface area contributed by atoms with E-state index < -0.39 is 18.1 Å². The molecule has 2 aromatic carbocycles. The van der Waals surface area contributed by atoms with Crippen molar-refractivity contribution in [3.63, 3.8) is 0 Å². The smallest absolute Gasteiger partial charge is 0.328 e. The Labute approximate surface area is 229 Å². The first kappa shape index (κ1) is 31.3. The monoisotopic (exact) mass is 524 g/mol. The zero-order valence-electron chi connectivity index (χ0n) is 23.9. The highest BCUT2D eigenvalue weighted by Crippen LogP contribution is 2.20. The van der Waals surface area contributed by atoms with Gasteiger partial charge in [0.15, 0.2) is 0 Å². The normalized spacial score (nSPS) is 12.8. The highest BCUT2D eigenvalue weighted by atomic mass is 16.5. The fourth-order valence-corrected chi connectivity index (χ4v) is 4.86. The SMILES string of the molecule is CCCCCCCCCCCC(=O)N[C@@H](Cc1cccc2ccccc12)C(=O)N[C@@H](CC(C)C)C(=O)OC. The summed E-state index contributed by atoms with van der Waals surface area (Å²) in [6, 6.07) is 12.5. The number of esters is 1. The standard InChI is InChI=1S/C32H48N2O4/c1-5-6-7-8-9-10-11-12-13-21-30(35)33-28(31(36)34-29(22-24(2)3)32(37)38-4)23-26-19-16-18-25-17-14-15-20-27(25)26/h14-20,24,28-29H,5-13,21-23H2,1-4H3,(H,33,35)(H,34,36)/t28-,29-/m0/s1. The number of hydrogen-bond donors (Lipinski definition) is 2. The van der Waals surface area contributed by atoms with Gasteiger partial charge >= 0.3 is 5.97 Å². The molecule has 0 radical (unpaired) electrons. The summed E-state index contributed by atoms with van der Waals surface area (Å²) in [5.41, 5.74) is 0.977. The third-order valence-electron chi connectivity index (χ3n) is 6.97. The van der Waals surface area contributed by atoms with E-state index in [1.807, 2.05) is 56.3 Å². The highest BCUT2D eigenvalue weighted by molar-refractivity contribution is 5.92. The van der Waals surface area contributed by atoms with Crippen molar-refractivity contribution in [2.45, 2.75) is 110 Å². The van der Waals surface area contributed by atoms with Crippen LogP contribution in [0.2, 0.25) is 0 Å². The van der Waals surface area contributed by atoms with Gasteiger partial charge in [-0.3, -0.25) is 9.59 Å². The van der Waals surface area contributed by atoms with Crippen LogP contribution in [0.15, 0.2) is 42.5 Å². The van der Waals surface area contributed by atoms with Crippen LogP contribution in [0, 0.1) is 5.92 Å². The van der Waals surface area contributed by atoms with E-state index in [1.54, 1.807) is 0 Å². The number of nitrogens with one attached hydrogen (secondary N) is 2. The van der Waals surface area contributed by atoms with Gasteiger partial charge in [-0.2, -0.15) is 0 Å². The molecule has 0 fully saturated rings. The largest absolute Gasteiger partial charge is 0.467 e. The van der Waals surface area contributed by atoms with Gasteiger partial charge in [-0.05, 0) is 35.1 Å². The van der Waals surface area contributed by atoms with Crippen molar-refractivity contribution in [2.75, 3.05) is 7.11 Å². The van der Waals surface area contributed by atoms with Crippen LogP contribution in [-0.2, 0) is 25.5 Å². The van der Waals surface area contributed by atoms with Gasteiger partial charge in [0.05, 0.1) is 7.11 Å². The first-order valence-corrected chi connectivity index (χ1v) is 14.5. The molecule has 0 saturated carbocycles. The maximum absolute atomic E-state index is 13.4. The zero-order valence-corrected chi connectivity index (χ0v) is 23.9. The molecular weight excluding hydrogens is 476 g/mol. The average Bonchev–Trinajstić information content (AvgIpc) is 2.90. The number of benzene rings is 2. The summed E-state index contributed by atoms with van der Waals surface area (Å²) in [6.45, 7) is 6.20. The third kappa shape index (κ3) is 11.2. The molecule has 2 amide bonds. The molecule has 0 aromatic heterocycles. The van der Waals surface area contributed by atoms with Crippen molar-refractivity contribution in [3.8, 4) is 0 Å². The summed E-state index contributed by atoms with van der Waals surface area (Å²) in [7, 11) is 1.32. The number of fused-ring (bicyclic) bond motifs is 1. The van der Waals surface area contributed by atoms with Gasteiger partial charge in [0.2, 0.25) is 11.8 Å². The quantitative estimate of drug-likeness (QED) is 0.172. The van der Waals surface area contributed by atoms with Crippen molar-refractivity contribution >= 4 is 28.6 Å². The molecule has 0 aliphatic rings. The molecule has 0 aliphatic carbocycles. The number of rotatable bonds is 18. The molecule has 0 saturated heterocycles. The summed E-state index contributed by atoms with van der Waals surface area (Å²) in [5.74, 6) is -0.782. The van der Waals surface area contributed by atoms with Crippen LogP contribution >= 0.6 is 0 Å². The fraction of sp³-hybridized carbons (Fsp3) is 0.594. The second-order valence-electron chi connectivity index (χ2n) is 10.8. The molecule has 0 aliphatic heterocycles. The Morgan fingerprint density at radius 3 is 2.08 bits per heavy atom. The minimum absolute atomic E-state index is 0.133. The summed E-state index contributed by atoms with van der Waals surface area (Å²) >= 11 is 0. The lowest BCUT2D eigenvalue weighted by Crippen LogP contribution is -2.53. The Morgan fingerprint density at radius 1 is 0.789 bits per heavy atom. The Morgan fingerprint density at radius 2 is 1.42 bits per heavy atom. The average molecular weight is 525 g/mol. The van der Waals surface area contributed by atoms with E-state index >= 15 is 0 Å². The van der Waals surface area contributed by atoms with Crippen LogP contribution < -0.4 is 10.6 Å². The van der Waals surface area contributed by atoms with E-state index in [2.05, 4.69) is 17.6 Å². The Bertz CT molecular complexity index is 999. The molecule has 38 heavy (non-hydrogen) atoms. The maximum Gasteiger partial charge on any atom is 0.328 e. The second-order valence-corrected chi connectivity index (χ2v) is 10.8. The minimum atomic E-state index is -0.786. The van der Waals surface area contributed by atoms with Crippen molar-refractivity contribution < 1.29 is 19.1 Å². The molecule has 2 rings (SSSR count). The van der Waals surface area contributed by atoms with E-state index in [0.29, 0.717) is 19.3 Å². The summed E-state index contributed by atoms with van der Waals surface area (Å²) in [4.78, 5) is 38.6. The van der Waals surface area contributed by atoms with Gasteiger partial charge in [0.1, 0.15) is 12.1 Å². The van der Waals surface area contributed by atoms with Crippen LogP contribution in [0.4, 0.5) is 0 Å². The lowest BCUT2D eigenvalue weighted by molar-refractivity contribution is -0.145. The van der Waals surface area contributed by atoms with E-state index in [1.165, 1.54) is 45.6 Å². The van der Waals surface area contributed by atoms with Crippen LogP contribution in [0.25, 0.3) is 10.8 Å². The number of carbonyl (C=O) groups is 3. The second kappa shape index (κ2) is 17.6. The zero-order chi connectivity index (χ0) is 27.8. The van der Waals surface area contributed by atoms with Crippen LogP contribution in [-0.4, -0.2) is 37.0 Å². The van der Waals surface area contributed by atoms with Gasteiger partial charge in [0, 0.05) is 12.8 Å². The molecule has 6 heteroatoms. The predicted molar refractivity (Wildman–Crippen MR) is 155 cm³/mol. The number of methoxy groups -OCH3 is 1. The number of unbranched alkanes of at least 4 members (excludes halogenated alkanes) is 8. The first-order valence-electron chi connectivity index (χ1n) is 14.5. The third-order valence-corrected chi connectivity index (χ3v) is 6.97. The minimum Gasteiger partial charge on any atom is -0.467 e. The molecule has 2 atom stereocenters. The Balaban J connectivity index is 2.03. The Hall–Kier alpha value is -2.89. The topological polar surface area (TPSA) is 84.5 Å². The molecule has 210 valence electrons. The number of carbonyl (C=O) groups excluding carboxylic acids is 3. The molecule has 2 N–H and O–H groups in total. The van der Waals surface area contributed by atoms with E-state index in [0.717, 1.165) is 35.6 Å². The van der Waals surface area contributed by atoms with Crippen molar-refractivity contribution in [1.29, 1.82) is 0 Å². The summed E-state index contributed by atoms with van der Waals surface area (Å²) in [5, 5.41) is 7.95. The van der Waals surface area contributed by atoms with E-state index in [9.17, 15) is 14.4 Å². The van der Waals surface area contributed by atoms with E-state index in [4.69, 9.17) is 4.74 Å². The van der Waals surface area contributed by atoms with Gasteiger partial charge in [-0.15, -0.1) is 0 Å². The van der Waals surface area contributed by atoms with Gasteiger partial charge in [-0.1, -0.05) is 115 Å². The summed E-state index contributed by atoms with van der Waals surface area (Å²) < 4.78 is 4.92. The Kier molecular flexibility index (Phi) is 14.5. The van der Waals surface area contributed by atoms with Crippen molar-refractivity contribution in [3.05, 3.63) is 48.0 Å². The number of ether oxygens (including phenoxy) is 1. The predicted octanol–water partition coefficient (Wildman–Crippen LogP) is 6.49. The number of amides is 2. The van der Waals surface area contributed by atoms with Gasteiger partial charge in [0.25, 0.3) is 0 Å². The highest BCUT2D eigenvalue weighted by Gasteiger charge is 2.28. The van der Waals surface area contributed by atoms with E-state index in [-0.39, 0.29) is 17.7 Å². The van der Waals surface area contributed by atoms with Crippen molar-refractivity contribution in [2.24, 2.45) is 5.92 Å². The van der Waals surface area contributed by atoms with Crippen LogP contribution in [0.1, 0.15) is 97.0 Å². The molecule has 0 bridgehead atoms. The maximum atomic E-state index is 13.4. The lowest BCUT2D eigenvalue weighted by Gasteiger charge is -2.24. The molecule has 0 spiro atoms. The number of hydrogen-bond acceptors (Lipinski definition) is 4. The van der Waals surface area contributed by atoms with Gasteiger partial charge < -0.3 is 15.4 Å². The molecular formula is C32H48N2O4. The molecule has 0 heterocycles.